The predicted molar refractivity (Wildman–Crippen MR) is 72.2 cm³/mol. The molecule has 0 amide bonds. The molecule has 0 aliphatic rings. The van der Waals surface area contributed by atoms with Gasteiger partial charge in [0.1, 0.15) is 12.4 Å². The van der Waals surface area contributed by atoms with E-state index in [1.165, 1.54) is 19.2 Å². The van der Waals surface area contributed by atoms with Crippen LogP contribution in [0, 0.1) is 0 Å². The Labute approximate surface area is 116 Å². The van der Waals surface area contributed by atoms with E-state index < -0.39 is 5.97 Å². The molecule has 1 aromatic carbocycles. The van der Waals surface area contributed by atoms with Gasteiger partial charge in [0.25, 0.3) is 0 Å². The Bertz CT molecular complexity index is 607. The normalized spacial score (nSPS) is 10.3. The molecule has 0 fully saturated rings. The first-order valence-electron chi connectivity index (χ1n) is 6.19. The summed E-state index contributed by atoms with van der Waals surface area (Å²) in [6.07, 6.45) is 3.57. The number of carboxylic acid groups (broad SMARTS) is 1. The Hall–Kier alpha value is -2.50. The lowest BCUT2D eigenvalue weighted by molar-refractivity contribution is 0.0696. The van der Waals surface area contributed by atoms with Crippen LogP contribution < -0.4 is 9.47 Å². The highest BCUT2D eigenvalue weighted by molar-refractivity contribution is 5.88. The zero-order valence-electron chi connectivity index (χ0n) is 11.4. The Morgan fingerprint density at radius 3 is 2.85 bits per heavy atom. The monoisotopic (exact) mass is 276 g/mol. The lowest BCUT2D eigenvalue weighted by atomic mass is 10.2. The van der Waals surface area contributed by atoms with E-state index in [1.807, 2.05) is 17.7 Å². The molecular formula is C14H16N2O4. The first-order chi connectivity index (χ1) is 9.65. The summed E-state index contributed by atoms with van der Waals surface area (Å²) < 4.78 is 12.7. The molecule has 1 N–H and O–H groups in total. The summed E-state index contributed by atoms with van der Waals surface area (Å²) in [4.78, 5) is 15.2. The highest BCUT2D eigenvalue weighted by atomic mass is 16.5. The van der Waals surface area contributed by atoms with Gasteiger partial charge >= 0.3 is 5.97 Å². The number of imidazole rings is 1. The topological polar surface area (TPSA) is 73.6 Å². The van der Waals surface area contributed by atoms with E-state index in [2.05, 4.69) is 4.98 Å². The second-order valence-corrected chi connectivity index (χ2v) is 4.09. The van der Waals surface area contributed by atoms with Crippen LogP contribution in [0.4, 0.5) is 0 Å². The minimum absolute atomic E-state index is 0.152. The van der Waals surface area contributed by atoms with Gasteiger partial charge in [0.05, 0.1) is 12.7 Å². The first-order valence-corrected chi connectivity index (χ1v) is 6.19. The highest BCUT2D eigenvalue weighted by Crippen LogP contribution is 2.28. The van der Waals surface area contributed by atoms with Crippen LogP contribution in [0.25, 0.3) is 0 Å². The summed E-state index contributed by atoms with van der Waals surface area (Å²) >= 11 is 0. The number of ether oxygens (including phenoxy) is 2. The number of hydrogen-bond acceptors (Lipinski definition) is 4. The van der Waals surface area contributed by atoms with Crippen LogP contribution in [-0.4, -0.2) is 27.7 Å². The highest BCUT2D eigenvalue weighted by Gasteiger charge is 2.11. The summed E-state index contributed by atoms with van der Waals surface area (Å²) in [7, 11) is 1.51. The van der Waals surface area contributed by atoms with Crippen LogP contribution in [0.3, 0.4) is 0 Å². The number of benzene rings is 1. The molecule has 0 atom stereocenters. The second-order valence-electron chi connectivity index (χ2n) is 4.09. The van der Waals surface area contributed by atoms with Gasteiger partial charge in [-0.15, -0.1) is 0 Å². The summed E-state index contributed by atoms with van der Waals surface area (Å²) in [5.74, 6) is 0.644. The van der Waals surface area contributed by atoms with E-state index in [-0.39, 0.29) is 12.2 Å². The van der Waals surface area contributed by atoms with Crippen molar-refractivity contribution in [3.8, 4) is 11.5 Å². The molecule has 2 aromatic rings. The van der Waals surface area contributed by atoms with E-state index in [0.717, 1.165) is 12.4 Å². The van der Waals surface area contributed by atoms with Crippen LogP contribution >= 0.6 is 0 Å². The number of aromatic carboxylic acids is 1. The maximum absolute atomic E-state index is 11.0. The Morgan fingerprint density at radius 2 is 2.20 bits per heavy atom. The van der Waals surface area contributed by atoms with E-state index in [9.17, 15) is 4.79 Å². The molecular weight excluding hydrogens is 260 g/mol. The van der Waals surface area contributed by atoms with Crippen LogP contribution in [0.2, 0.25) is 0 Å². The van der Waals surface area contributed by atoms with Crippen LogP contribution in [0.5, 0.6) is 11.5 Å². The van der Waals surface area contributed by atoms with E-state index >= 15 is 0 Å². The van der Waals surface area contributed by atoms with Gasteiger partial charge < -0.3 is 19.1 Å². The lowest BCUT2D eigenvalue weighted by Crippen LogP contribution is -2.06. The molecule has 0 saturated carbocycles. The van der Waals surface area contributed by atoms with Crippen molar-refractivity contribution in [1.29, 1.82) is 0 Å². The average molecular weight is 276 g/mol. The third-order valence-corrected chi connectivity index (χ3v) is 2.91. The molecule has 106 valence electrons. The van der Waals surface area contributed by atoms with Crippen molar-refractivity contribution in [3.05, 3.63) is 42.0 Å². The van der Waals surface area contributed by atoms with Crippen LogP contribution in [0.1, 0.15) is 23.1 Å². The van der Waals surface area contributed by atoms with Gasteiger partial charge in [0.2, 0.25) is 0 Å². The fraction of sp³-hybridized carbons (Fsp3) is 0.286. The minimum Gasteiger partial charge on any atom is -0.493 e. The molecule has 0 radical (unpaired) electrons. The fourth-order valence-electron chi connectivity index (χ4n) is 1.83. The van der Waals surface area contributed by atoms with Gasteiger partial charge in [-0.2, -0.15) is 0 Å². The Morgan fingerprint density at radius 1 is 1.40 bits per heavy atom. The number of aryl methyl sites for hydroxylation is 1. The quantitative estimate of drug-likeness (QED) is 0.875. The number of carbonyl (C=O) groups is 1. The molecule has 20 heavy (non-hydrogen) atoms. The van der Waals surface area contributed by atoms with Gasteiger partial charge in [-0.05, 0) is 25.1 Å². The van der Waals surface area contributed by atoms with Crippen molar-refractivity contribution in [1.82, 2.24) is 9.55 Å². The number of nitrogens with zero attached hydrogens (tertiary/aromatic N) is 2. The smallest absolute Gasteiger partial charge is 0.335 e. The van der Waals surface area contributed by atoms with Crippen LogP contribution in [-0.2, 0) is 13.2 Å². The van der Waals surface area contributed by atoms with Gasteiger partial charge in [-0.25, -0.2) is 9.78 Å². The Kier molecular flexibility index (Phi) is 4.24. The molecule has 6 heteroatoms. The summed E-state index contributed by atoms with van der Waals surface area (Å²) in [6.45, 7) is 3.06. The van der Waals surface area contributed by atoms with Gasteiger partial charge in [-0.3, -0.25) is 0 Å². The molecule has 0 unspecified atom stereocenters. The van der Waals surface area contributed by atoms with Crippen molar-refractivity contribution in [2.45, 2.75) is 20.1 Å². The molecule has 0 spiro atoms. The number of rotatable bonds is 6. The van der Waals surface area contributed by atoms with Crippen molar-refractivity contribution >= 4 is 5.97 Å². The fourth-order valence-corrected chi connectivity index (χ4v) is 1.83. The maximum Gasteiger partial charge on any atom is 0.335 e. The molecule has 0 aliphatic carbocycles. The molecule has 1 aromatic heterocycles. The molecule has 2 rings (SSSR count). The number of carboxylic acids is 1. The minimum atomic E-state index is -1.01. The molecule has 6 nitrogen and oxygen atoms in total. The van der Waals surface area contributed by atoms with E-state index in [0.29, 0.717) is 11.5 Å². The third-order valence-electron chi connectivity index (χ3n) is 2.91. The van der Waals surface area contributed by atoms with Gasteiger partial charge in [0.15, 0.2) is 11.5 Å². The molecule has 0 bridgehead atoms. The lowest BCUT2D eigenvalue weighted by Gasteiger charge is -2.11. The number of aromatic nitrogens is 2. The van der Waals surface area contributed by atoms with E-state index in [1.54, 1.807) is 12.3 Å². The average Bonchev–Trinajstić information content (AvgIpc) is 2.92. The Balaban J connectivity index is 2.19. The standard InChI is InChI=1S/C14H16N2O4/c1-3-16-7-6-15-13(16)9-20-12-8-10(14(17)18)4-5-11(12)19-2/h4-8H,3,9H2,1-2H3,(H,17,18). The third kappa shape index (κ3) is 2.90. The number of methoxy groups -OCH3 is 1. The maximum atomic E-state index is 11.0. The largest absolute Gasteiger partial charge is 0.493 e. The van der Waals surface area contributed by atoms with Crippen molar-refractivity contribution in [2.75, 3.05) is 7.11 Å². The van der Waals surface area contributed by atoms with Gasteiger partial charge in [0, 0.05) is 18.9 Å². The van der Waals surface area contributed by atoms with Crippen molar-refractivity contribution in [3.63, 3.8) is 0 Å². The zero-order chi connectivity index (χ0) is 14.5. The predicted octanol–water partition coefficient (Wildman–Crippen LogP) is 2.19. The van der Waals surface area contributed by atoms with Gasteiger partial charge in [-0.1, -0.05) is 0 Å². The van der Waals surface area contributed by atoms with Crippen molar-refractivity contribution in [2.24, 2.45) is 0 Å². The number of hydrogen-bond donors (Lipinski definition) is 1. The summed E-state index contributed by atoms with van der Waals surface area (Å²) in [5.41, 5.74) is 0.152. The molecule has 0 aliphatic heterocycles. The zero-order valence-corrected chi connectivity index (χ0v) is 11.4. The molecule has 1 heterocycles. The van der Waals surface area contributed by atoms with Crippen LogP contribution in [0.15, 0.2) is 30.6 Å². The van der Waals surface area contributed by atoms with E-state index in [4.69, 9.17) is 14.6 Å². The summed E-state index contributed by atoms with van der Waals surface area (Å²) in [6, 6.07) is 4.49. The van der Waals surface area contributed by atoms with Crippen molar-refractivity contribution < 1.29 is 19.4 Å². The SMILES string of the molecule is CCn1ccnc1COc1cc(C(=O)O)ccc1OC. The first kappa shape index (κ1) is 13.9. The molecule has 0 saturated heterocycles. The second kappa shape index (κ2) is 6.10. The summed E-state index contributed by atoms with van der Waals surface area (Å²) in [5, 5.41) is 8.99.